The van der Waals surface area contributed by atoms with Crippen LogP contribution in [-0.2, 0) is 4.79 Å². The molecule has 112 valence electrons. The van der Waals surface area contributed by atoms with E-state index in [-0.39, 0.29) is 6.04 Å². The predicted molar refractivity (Wildman–Crippen MR) is 82.7 cm³/mol. The number of hydrogen-bond acceptors (Lipinski definition) is 3. The minimum absolute atomic E-state index is 0.124. The molecule has 2 aliphatic rings. The molecule has 6 heteroatoms. The number of rotatable bonds is 5. The Bertz CT molecular complexity index is 398. The van der Waals surface area contributed by atoms with Gasteiger partial charge in [-0.1, -0.05) is 11.6 Å². The van der Waals surface area contributed by atoms with E-state index in [1.807, 2.05) is 0 Å². The quantitative estimate of drug-likeness (QED) is 0.451. The Kier molecular flexibility index (Phi) is 5.79. The molecule has 1 heterocycles. The zero-order chi connectivity index (χ0) is 14.4. The van der Waals surface area contributed by atoms with Gasteiger partial charge in [-0.2, -0.15) is 0 Å². The van der Waals surface area contributed by atoms with Crippen molar-refractivity contribution in [1.29, 1.82) is 0 Å². The Balaban J connectivity index is 1.67. The van der Waals surface area contributed by atoms with E-state index in [0.29, 0.717) is 11.7 Å². The molecule has 0 aromatic rings. The van der Waals surface area contributed by atoms with E-state index < -0.39 is 12.0 Å². The molecule has 1 aliphatic carbocycles. The molecule has 2 atom stereocenters. The summed E-state index contributed by atoms with van der Waals surface area (Å²) in [6, 6.07) is -0.669. The topological polar surface area (TPSA) is 73.4 Å². The zero-order valence-corrected chi connectivity index (χ0v) is 12.5. The lowest BCUT2D eigenvalue weighted by Crippen LogP contribution is -2.50. The van der Waals surface area contributed by atoms with Crippen LogP contribution in [0.4, 0.5) is 0 Å². The molecule has 1 unspecified atom stereocenters. The van der Waals surface area contributed by atoms with E-state index in [1.54, 1.807) is 0 Å². The Morgan fingerprint density at radius 2 is 2.35 bits per heavy atom. The van der Waals surface area contributed by atoms with Crippen molar-refractivity contribution in [2.45, 2.75) is 50.6 Å². The minimum atomic E-state index is -0.824. The van der Waals surface area contributed by atoms with Crippen LogP contribution in [0.2, 0.25) is 0 Å². The molecule has 0 saturated carbocycles. The fraction of sp³-hybridized carbons (Fsp3) is 0.714. The number of aliphatic carboxylic acids is 1. The van der Waals surface area contributed by atoms with E-state index in [0.717, 1.165) is 19.4 Å². The van der Waals surface area contributed by atoms with Crippen LogP contribution in [0.5, 0.6) is 0 Å². The van der Waals surface area contributed by atoms with Crippen LogP contribution in [0.1, 0.15) is 38.5 Å². The highest BCUT2D eigenvalue weighted by molar-refractivity contribution is 7.80. The average molecular weight is 297 g/mol. The summed E-state index contributed by atoms with van der Waals surface area (Å²) >= 11 is 5.23. The first kappa shape index (κ1) is 15.3. The third-order valence-corrected chi connectivity index (χ3v) is 4.18. The van der Waals surface area contributed by atoms with Crippen molar-refractivity contribution in [2.75, 3.05) is 13.1 Å². The molecule has 2 rings (SSSR count). The van der Waals surface area contributed by atoms with Crippen LogP contribution < -0.4 is 16.0 Å². The van der Waals surface area contributed by atoms with Gasteiger partial charge in [0.2, 0.25) is 0 Å². The lowest BCUT2D eigenvalue weighted by molar-refractivity contribution is -0.139. The fourth-order valence-corrected chi connectivity index (χ4v) is 3.06. The molecule has 0 amide bonds. The molecule has 1 fully saturated rings. The molecular formula is C14H23N3O2S. The van der Waals surface area contributed by atoms with Gasteiger partial charge in [0.25, 0.3) is 0 Å². The van der Waals surface area contributed by atoms with Gasteiger partial charge in [-0.3, -0.25) is 4.79 Å². The van der Waals surface area contributed by atoms with Crippen molar-refractivity contribution in [1.82, 2.24) is 16.0 Å². The number of nitrogens with one attached hydrogen (secondary N) is 3. The number of carboxylic acids is 1. The predicted octanol–water partition coefficient (Wildman–Crippen LogP) is 1.16. The molecule has 5 nitrogen and oxygen atoms in total. The zero-order valence-electron chi connectivity index (χ0n) is 11.7. The summed E-state index contributed by atoms with van der Waals surface area (Å²) in [5, 5.41) is 18.9. The highest BCUT2D eigenvalue weighted by Crippen LogP contribution is 2.19. The lowest BCUT2D eigenvalue weighted by Gasteiger charge is -2.20. The van der Waals surface area contributed by atoms with Gasteiger partial charge >= 0.3 is 5.97 Å². The van der Waals surface area contributed by atoms with Crippen molar-refractivity contribution >= 4 is 23.3 Å². The molecule has 0 spiro atoms. The summed E-state index contributed by atoms with van der Waals surface area (Å²) in [6.07, 6.45) is 9.15. The summed E-state index contributed by atoms with van der Waals surface area (Å²) in [7, 11) is 0. The smallest absolute Gasteiger partial charge is 0.322 e. The Hall–Kier alpha value is -1.14. The Labute approximate surface area is 125 Å². The maximum atomic E-state index is 11.0. The molecule has 1 saturated heterocycles. The normalized spacial score (nSPS) is 25.9. The van der Waals surface area contributed by atoms with Crippen molar-refractivity contribution in [3.63, 3.8) is 0 Å². The number of allylic oxidation sites excluding steroid dienone is 1. The van der Waals surface area contributed by atoms with Crippen LogP contribution in [-0.4, -0.2) is 41.4 Å². The third kappa shape index (κ3) is 4.45. The second-order valence-electron chi connectivity index (χ2n) is 5.42. The van der Waals surface area contributed by atoms with Gasteiger partial charge in [-0.15, -0.1) is 0 Å². The van der Waals surface area contributed by atoms with E-state index in [1.165, 1.54) is 31.3 Å². The summed E-state index contributed by atoms with van der Waals surface area (Å²) in [4.78, 5) is 11.0. The Morgan fingerprint density at radius 1 is 1.50 bits per heavy atom. The summed E-state index contributed by atoms with van der Waals surface area (Å²) in [6.45, 7) is 1.53. The minimum Gasteiger partial charge on any atom is -0.480 e. The largest absolute Gasteiger partial charge is 0.480 e. The van der Waals surface area contributed by atoms with Gasteiger partial charge in [-0.05, 0) is 57.3 Å². The Morgan fingerprint density at radius 3 is 3.05 bits per heavy atom. The van der Waals surface area contributed by atoms with Crippen LogP contribution >= 0.6 is 12.2 Å². The monoisotopic (exact) mass is 297 g/mol. The fourth-order valence-electron chi connectivity index (χ4n) is 2.81. The van der Waals surface area contributed by atoms with Crippen molar-refractivity contribution < 1.29 is 9.90 Å². The molecule has 0 aromatic heterocycles. The maximum Gasteiger partial charge on any atom is 0.322 e. The van der Waals surface area contributed by atoms with E-state index >= 15 is 0 Å². The van der Waals surface area contributed by atoms with Crippen molar-refractivity contribution in [2.24, 2.45) is 0 Å². The maximum absolute atomic E-state index is 11.0. The lowest BCUT2D eigenvalue weighted by atomic mass is 9.97. The molecule has 1 aliphatic heterocycles. The molecule has 0 radical (unpaired) electrons. The van der Waals surface area contributed by atoms with Gasteiger partial charge in [0.1, 0.15) is 6.04 Å². The van der Waals surface area contributed by atoms with Gasteiger partial charge in [0.15, 0.2) is 5.11 Å². The van der Waals surface area contributed by atoms with Crippen molar-refractivity contribution in [3.8, 4) is 0 Å². The summed E-state index contributed by atoms with van der Waals surface area (Å²) in [5.41, 5.74) is 1.51. The van der Waals surface area contributed by atoms with Gasteiger partial charge in [0.05, 0.1) is 6.04 Å². The van der Waals surface area contributed by atoms with E-state index in [4.69, 9.17) is 17.3 Å². The van der Waals surface area contributed by atoms with E-state index in [2.05, 4.69) is 22.0 Å². The standard InChI is InChI=1S/C14H23N3O2S/c18-13(19)12-11(7-9-15-12)17-14(20)16-8-6-10-4-2-1-3-5-10/h4,11-12,15H,1-3,5-9H2,(H,18,19)(H2,16,17,20)/t11?,12-/m0/s1. The average Bonchev–Trinajstić information content (AvgIpc) is 2.88. The molecule has 0 bridgehead atoms. The highest BCUT2D eigenvalue weighted by atomic mass is 32.1. The second-order valence-corrected chi connectivity index (χ2v) is 5.83. The van der Waals surface area contributed by atoms with Crippen LogP contribution in [0, 0.1) is 0 Å². The molecule has 4 N–H and O–H groups in total. The van der Waals surface area contributed by atoms with Crippen LogP contribution in [0.25, 0.3) is 0 Å². The SMILES string of the molecule is O=C(O)[C@H]1NCCC1NC(=S)NCCC1=CCCCC1. The summed E-state index contributed by atoms with van der Waals surface area (Å²) in [5.74, 6) is -0.824. The molecular weight excluding hydrogens is 274 g/mol. The number of carboxylic acid groups (broad SMARTS) is 1. The number of carbonyl (C=O) groups is 1. The first-order valence-corrected chi connectivity index (χ1v) is 7.76. The van der Waals surface area contributed by atoms with Gasteiger partial charge < -0.3 is 21.1 Å². The second kappa shape index (κ2) is 7.59. The van der Waals surface area contributed by atoms with E-state index in [9.17, 15) is 4.79 Å². The first-order valence-electron chi connectivity index (χ1n) is 7.35. The number of hydrogen-bond donors (Lipinski definition) is 4. The molecule has 20 heavy (non-hydrogen) atoms. The van der Waals surface area contributed by atoms with Gasteiger partial charge in [0, 0.05) is 6.54 Å². The van der Waals surface area contributed by atoms with Crippen molar-refractivity contribution in [3.05, 3.63) is 11.6 Å². The summed E-state index contributed by atoms with van der Waals surface area (Å²) < 4.78 is 0. The van der Waals surface area contributed by atoms with Gasteiger partial charge in [-0.25, -0.2) is 0 Å². The molecule has 0 aromatic carbocycles. The highest BCUT2D eigenvalue weighted by Gasteiger charge is 2.32. The third-order valence-electron chi connectivity index (χ3n) is 3.92. The first-order chi connectivity index (χ1) is 9.66. The number of thiocarbonyl (C=S) groups is 1. The van der Waals surface area contributed by atoms with Crippen LogP contribution in [0.15, 0.2) is 11.6 Å². The van der Waals surface area contributed by atoms with Crippen LogP contribution in [0.3, 0.4) is 0 Å².